The van der Waals surface area contributed by atoms with Crippen molar-refractivity contribution in [1.29, 1.82) is 0 Å². The van der Waals surface area contributed by atoms with Crippen LogP contribution >= 0.6 is 0 Å². The summed E-state index contributed by atoms with van der Waals surface area (Å²) in [6, 6.07) is 20.3. The van der Waals surface area contributed by atoms with Gasteiger partial charge in [0.2, 0.25) is 5.88 Å². The summed E-state index contributed by atoms with van der Waals surface area (Å²) in [4.78, 5) is 18.0. The molecular weight excluding hydrogens is 412 g/mol. The normalized spacial score (nSPS) is 14.6. The second kappa shape index (κ2) is 6.93. The van der Waals surface area contributed by atoms with E-state index in [1.54, 1.807) is 29.4 Å². The number of nitrogens with zero attached hydrogens (tertiary/aromatic N) is 6. The molecule has 7 rings (SSSR count). The van der Waals surface area contributed by atoms with E-state index < -0.39 is 0 Å². The summed E-state index contributed by atoms with van der Waals surface area (Å²) in [6.07, 6.45) is 8.79. The smallest absolute Gasteiger partial charge is 0.228 e. The highest BCUT2D eigenvalue weighted by molar-refractivity contribution is 5.91. The molecule has 0 spiro atoms. The van der Waals surface area contributed by atoms with Crippen LogP contribution in [0.2, 0.25) is 0 Å². The van der Waals surface area contributed by atoms with Crippen LogP contribution in [0.25, 0.3) is 27.8 Å². The Bertz CT molecular complexity index is 1650. The van der Waals surface area contributed by atoms with Gasteiger partial charge in [0.15, 0.2) is 11.5 Å². The average Bonchev–Trinajstić information content (AvgIpc) is 3.33. The molecule has 0 amide bonds. The number of aromatic nitrogens is 6. The third kappa shape index (κ3) is 2.72. The fraction of sp³-hybridized carbons (Fsp3) is 0.0385. The van der Waals surface area contributed by atoms with E-state index in [1.165, 1.54) is 0 Å². The number of hydrogen-bond acceptors (Lipinski definition) is 6. The van der Waals surface area contributed by atoms with Crippen LogP contribution in [-0.4, -0.2) is 29.5 Å². The lowest BCUT2D eigenvalue weighted by molar-refractivity contribution is 0.437. The van der Waals surface area contributed by atoms with Crippen molar-refractivity contribution in [2.75, 3.05) is 0 Å². The third-order valence-electron chi connectivity index (χ3n) is 6.05. The predicted molar refractivity (Wildman–Crippen MR) is 123 cm³/mol. The topological polar surface area (TPSA) is 78.1 Å². The van der Waals surface area contributed by atoms with E-state index in [2.05, 4.69) is 50.4 Å². The Balaban J connectivity index is 1.53. The molecule has 0 saturated heterocycles. The first-order chi connectivity index (χ1) is 16.4. The molecule has 0 saturated carbocycles. The summed E-state index contributed by atoms with van der Waals surface area (Å²) in [5, 5.41) is 6.84. The molecule has 2 aromatic carbocycles. The fourth-order valence-corrected chi connectivity index (χ4v) is 4.56. The summed E-state index contributed by atoms with van der Waals surface area (Å²) >= 11 is 0. The number of benzene rings is 2. The molecule has 7 nitrogen and oxygen atoms in total. The van der Waals surface area contributed by atoms with E-state index in [-0.39, 0.29) is 5.92 Å². The molecule has 156 valence electrons. The molecule has 4 aromatic heterocycles. The lowest BCUT2D eigenvalue weighted by Gasteiger charge is -2.28. The molecule has 1 aliphatic rings. The van der Waals surface area contributed by atoms with Crippen molar-refractivity contribution in [2.24, 2.45) is 0 Å². The summed E-state index contributed by atoms with van der Waals surface area (Å²) in [5.41, 5.74) is 4.57. The van der Waals surface area contributed by atoms with Crippen LogP contribution in [0.1, 0.15) is 22.6 Å². The maximum Gasteiger partial charge on any atom is 0.228 e. The molecule has 0 N–H and O–H groups in total. The molecular formula is C26H16N6O. The van der Waals surface area contributed by atoms with E-state index >= 15 is 0 Å². The first kappa shape index (κ1) is 18.0. The van der Waals surface area contributed by atoms with Gasteiger partial charge >= 0.3 is 0 Å². The standard InChI is InChI=1S/C26H16N6O/c1-2-6-19-16(4-1)7-8-20-21(18-5-3-11-28-14-18)22-25-30-24(17-9-12-27-13-10-17)31-32(25)15-29-26(22)33-23(19)20/h1-15,21H/t21-/m0/s1. The second-order valence-electron chi connectivity index (χ2n) is 7.93. The minimum Gasteiger partial charge on any atom is -0.438 e. The lowest BCUT2D eigenvalue weighted by Crippen LogP contribution is -2.15. The van der Waals surface area contributed by atoms with E-state index in [9.17, 15) is 0 Å². The summed E-state index contributed by atoms with van der Waals surface area (Å²) in [7, 11) is 0. The highest BCUT2D eigenvalue weighted by atomic mass is 16.5. The second-order valence-corrected chi connectivity index (χ2v) is 7.93. The quantitative estimate of drug-likeness (QED) is 0.385. The van der Waals surface area contributed by atoms with Gasteiger partial charge < -0.3 is 4.74 Å². The van der Waals surface area contributed by atoms with E-state index in [0.29, 0.717) is 17.4 Å². The van der Waals surface area contributed by atoms with Crippen LogP contribution < -0.4 is 4.74 Å². The van der Waals surface area contributed by atoms with Gasteiger partial charge in [0, 0.05) is 47.2 Å². The summed E-state index contributed by atoms with van der Waals surface area (Å²) in [5.74, 6) is 1.82. The van der Waals surface area contributed by atoms with E-state index in [4.69, 9.17) is 9.72 Å². The third-order valence-corrected chi connectivity index (χ3v) is 6.05. The summed E-state index contributed by atoms with van der Waals surface area (Å²) in [6.45, 7) is 0. The molecule has 7 heteroatoms. The van der Waals surface area contributed by atoms with Crippen molar-refractivity contribution in [3.05, 3.63) is 108 Å². The zero-order valence-corrected chi connectivity index (χ0v) is 17.3. The van der Waals surface area contributed by atoms with Gasteiger partial charge in [0.1, 0.15) is 12.1 Å². The Morgan fingerprint density at radius 3 is 2.64 bits per heavy atom. The fourth-order valence-electron chi connectivity index (χ4n) is 4.56. The van der Waals surface area contributed by atoms with Gasteiger partial charge in [-0.1, -0.05) is 42.5 Å². The average molecular weight is 428 g/mol. The van der Waals surface area contributed by atoms with Crippen molar-refractivity contribution in [2.45, 2.75) is 5.92 Å². The van der Waals surface area contributed by atoms with Gasteiger partial charge in [-0.05, 0) is 29.1 Å². The Labute approximate surface area is 188 Å². The molecule has 0 bridgehead atoms. The van der Waals surface area contributed by atoms with Crippen LogP contribution in [0, 0.1) is 0 Å². The predicted octanol–water partition coefficient (Wildman–Crippen LogP) is 5.02. The van der Waals surface area contributed by atoms with Crippen molar-refractivity contribution in [1.82, 2.24) is 29.5 Å². The van der Waals surface area contributed by atoms with Crippen molar-refractivity contribution in [3.63, 3.8) is 0 Å². The van der Waals surface area contributed by atoms with Gasteiger partial charge in [-0.15, -0.1) is 5.10 Å². The molecule has 1 aliphatic heterocycles. The first-order valence-corrected chi connectivity index (χ1v) is 10.6. The summed E-state index contributed by atoms with van der Waals surface area (Å²) < 4.78 is 8.16. The van der Waals surface area contributed by atoms with Crippen molar-refractivity contribution in [3.8, 4) is 23.0 Å². The van der Waals surface area contributed by atoms with Gasteiger partial charge in [-0.2, -0.15) is 0 Å². The highest BCUT2D eigenvalue weighted by Crippen LogP contribution is 2.50. The number of hydrogen-bond donors (Lipinski definition) is 0. The monoisotopic (exact) mass is 428 g/mol. The Morgan fingerprint density at radius 2 is 1.76 bits per heavy atom. The zero-order valence-electron chi connectivity index (χ0n) is 17.3. The Morgan fingerprint density at radius 1 is 0.848 bits per heavy atom. The van der Waals surface area contributed by atoms with Gasteiger partial charge in [-0.25, -0.2) is 14.5 Å². The lowest BCUT2D eigenvalue weighted by atomic mass is 9.83. The Hall–Kier alpha value is -4.65. The van der Waals surface area contributed by atoms with Gasteiger partial charge in [-0.3, -0.25) is 9.97 Å². The van der Waals surface area contributed by atoms with Gasteiger partial charge in [0.05, 0.1) is 5.56 Å². The molecule has 6 aromatic rings. The van der Waals surface area contributed by atoms with E-state index in [0.717, 1.165) is 38.8 Å². The molecule has 0 aliphatic carbocycles. The van der Waals surface area contributed by atoms with Crippen LogP contribution in [-0.2, 0) is 0 Å². The Kier molecular flexibility index (Phi) is 3.77. The number of ether oxygens (including phenoxy) is 1. The minimum atomic E-state index is -0.146. The number of pyridine rings is 2. The zero-order chi connectivity index (χ0) is 21.8. The van der Waals surface area contributed by atoms with Crippen LogP contribution in [0.4, 0.5) is 0 Å². The van der Waals surface area contributed by atoms with E-state index in [1.807, 2.05) is 36.5 Å². The molecule has 0 radical (unpaired) electrons. The SMILES string of the molecule is c1cncc([C@H]2c3ccc4ccccc4c3Oc3ncn4nc(-c5ccncc5)nc4c32)c1. The molecule has 5 heterocycles. The molecule has 1 atom stereocenters. The molecule has 0 fully saturated rings. The number of fused-ring (bicyclic) bond motifs is 6. The van der Waals surface area contributed by atoms with Gasteiger partial charge in [0.25, 0.3) is 0 Å². The minimum absolute atomic E-state index is 0.146. The number of rotatable bonds is 2. The van der Waals surface area contributed by atoms with Crippen LogP contribution in [0.5, 0.6) is 11.6 Å². The van der Waals surface area contributed by atoms with Crippen LogP contribution in [0.3, 0.4) is 0 Å². The maximum atomic E-state index is 6.44. The highest BCUT2D eigenvalue weighted by Gasteiger charge is 2.34. The maximum absolute atomic E-state index is 6.44. The van der Waals surface area contributed by atoms with Crippen LogP contribution in [0.15, 0.2) is 91.8 Å². The van der Waals surface area contributed by atoms with Crippen molar-refractivity contribution < 1.29 is 4.74 Å². The van der Waals surface area contributed by atoms with Crippen molar-refractivity contribution >= 4 is 16.4 Å². The largest absolute Gasteiger partial charge is 0.438 e. The molecule has 0 unspecified atom stereocenters. The molecule has 33 heavy (non-hydrogen) atoms. The first-order valence-electron chi connectivity index (χ1n) is 10.6.